The first-order valence-corrected chi connectivity index (χ1v) is 8.55. The number of carbonyl (C=O) groups is 3. The van der Waals surface area contributed by atoms with E-state index in [0.29, 0.717) is 19.6 Å². The highest BCUT2D eigenvalue weighted by Gasteiger charge is 2.17. The van der Waals surface area contributed by atoms with Crippen molar-refractivity contribution in [1.29, 1.82) is 0 Å². The van der Waals surface area contributed by atoms with E-state index in [1.165, 1.54) is 18.4 Å². The van der Waals surface area contributed by atoms with Crippen LogP contribution in [0.15, 0.2) is 0 Å². The second-order valence-electron chi connectivity index (χ2n) is 6.04. The van der Waals surface area contributed by atoms with Crippen LogP contribution in [0.5, 0.6) is 0 Å². The van der Waals surface area contributed by atoms with Crippen molar-refractivity contribution in [2.45, 2.75) is 51.0 Å². The Morgan fingerprint density at radius 3 is 2.54 bits per heavy atom. The number of rotatable bonds is 10. The Bertz CT molecular complexity index is 411. The van der Waals surface area contributed by atoms with Gasteiger partial charge in [0.15, 0.2) is 0 Å². The van der Waals surface area contributed by atoms with Crippen LogP contribution >= 0.6 is 0 Å². The molecule has 1 saturated carbocycles. The van der Waals surface area contributed by atoms with Gasteiger partial charge in [-0.15, -0.1) is 0 Å². The molecule has 1 aliphatic carbocycles. The third-order valence-electron chi connectivity index (χ3n) is 4.04. The molecule has 0 radical (unpaired) electrons. The molecule has 0 aromatic carbocycles. The summed E-state index contributed by atoms with van der Waals surface area (Å²) in [6.45, 7) is 0.589. The van der Waals surface area contributed by atoms with Crippen molar-refractivity contribution in [3.63, 3.8) is 0 Å². The van der Waals surface area contributed by atoms with Crippen LogP contribution < -0.4 is 10.6 Å². The van der Waals surface area contributed by atoms with Gasteiger partial charge in [0.05, 0.1) is 6.61 Å². The molecule has 8 heteroatoms. The maximum absolute atomic E-state index is 12.0. The molecule has 0 saturated heterocycles. The van der Waals surface area contributed by atoms with E-state index in [1.54, 1.807) is 0 Å². The molecular formula is C16H29N3O5. The normalized spacial score (nSPS) is 14.9. The Morgan fingerprint density at radius 1 is 1.21 bits per heavy atom. The van der Waals surface area contributed by atoms with Gasteiger partial charge in [-0.1, -0.05) is 19.3 Å². The summed E-state index contributed by atoms with van der Waals surface area (Å²) in [4.78, 5) is 35.8. The Hall–Kier alpha value is -1.83. The second-order valence-corrected chi connectivity index (χ2v) is 6.04. The highest BCUT2D eigenvalue weighted by atomic mass is 16.5. The van der Waals surface area contributed by atoms with Crippen LogP contribution in [-0.4, -0.2) is 67.3 Å². The van der Waals surface area contributed by atoms with E-state index in [1.807, 2.05) is 0 Å². The number of aliphatic carboxylic acids is 1. The van der Waals surface area contributed by atoms with Gasteiger partial charge in [-0.3, -0.25) is 9.59 Å². The molecule has 24 heavy (non-hydrogen) atoms. The largest absolute Gasteiger partial charge is 0.480 e. The summed E-state index contributed by atoms with van der Waals surface area (Å²) in [6, 6.07) is 0.0524. The lowest BCUT2D eigenvalue weighted by Crippen LogP contribution is -2.43. The molecule has 1 fully saturated rings. The first-order chi connectivity index (χ1) is 11.5. The Labute approximate surface area is 142 Å². The third kappa shape index (κ3) is 8.71. The fourth-order valence-corrected chi connectivity index (χ4v) is 2.74. The molecule has 0 aliphatic heterocycles. The number of hydrogen-bond donors (Lipinski definition) is 3. The van der Waals surface area contributed by atoms with Gasteiger partial charge in [-0.2, -0.15) is 0 Å². The van der Waals surface area contributed by atoms with E-state index >= 15 is 0 Å². The minimum absolute atomic E-state index is 0.195. The van der Waals surface area contributed by atoms with Gasteiger partial charge in [-0.05, 0) is 19.3 Å². The highest BCUT2D eigenvalue weighted by molar-refractivity contribution is 5.81. The minimum Gasteiger partial charge on any atom is -0.480 e. The van der Waals surface area contributed by atoms with Crippen molar-refractivity contribution in [3.8, 4) is 0 Å². The molecule has 3 amide bonds. The number of nitrogens with zero attached hydrogens (tertiary/aromatic N) is 1. The van der Waals surface area contributed by atoms with E-state index in [4.69, 9.17) is 9.84 Å². The van der Waals surface area contributed by atoms with Crippen LogP contribution in [0.4, 0.5) is 4.79 Å². The zero-order valence-corrected chi connectivity index (χ0v) is 14.4. The molecule has 0 unspecified atom stereocenters. The smallest absolute Gasteiger partial charge is 0.323 e. The van der Waals surface area contributed by atoms with E-state index in [0.717, 1.165) is 25.7 Å². The maximum Gasteiger partial charge on any atom is 0.323 e. The summed E-state index contributed by atoms with van der Waals surface area (Å²) in [5, 5.41) is 14.5. The molecule has 1 rings (SSSR count). The van der Waals surface area contributed by atoms with Crippen LogP contribution in [0, 0.1) is 0 Å². The lowest BCUT2D eigenvalue weighted by Gasteiger charge is -2.23. The molecule has 1 aliphatic rings. The predicted octanol–water partition coefficient (Wildman–Crippen LogP) is 0.958. The average molecular weight is 343 g/mol. The number of carboxylic acid groups (broad SMARTS) is 1. The molecule has 0 aromatic rings. The average Bonchev–Trinajstić information content (AvgIpc) is 2.55. The molecule has 0 bridgehead atoms. The predicted molar refractivity (Wildman–Crippen MR) is 88.7 cm³/mol. The van der Waals surface area contributed by atoms with Crippen molar-refractivity contribution in [2.24, 2.45) is 0 Å². The lowest BCUT2D eigenvalue weighted by atomic mass is 9.96. The van der Waals surface area contributed by atoms with E-state index < -0.39 is 5.97 Å². The van der Waals surface area contributed by atoms with Crippen molar-refractivity contribution in [3.05, 3.63) is 0 Å². The number of amides is 3. The Kier molecular flexibility index (Phi) is 9.83. The van der Waals surface area contributed by atoms with Gasteiger partial charge < -0.3 is 25.4 Å². The number of carbonyl (C=O) groups excluding carboxylic acids is 2. The number of hydrogen-bond acceptors (Lipinski definition) is 4. The summed E-state index contributed by atoms with van der Waals surface area (Å²) < 4.78 is 4.88. The Morgan fingerprint density at radius 2 is 1.92 bits per heavy atom. The molecule has 3 N–H and O–H groups in total. The summed E-state index contributed by atoms with van der Waals surface area (Å²) in [7, 11) is 1.50. The first kappa shape index (κ1) is 20.2. The number of methoxy groups -OCH3 is 1. The molecule has 138 valence electrons. The van der Waals surface area contributed by atoms with Gasteiger partial charge in [0, 0.05) is 32.7 Å². The van der Waals surface area contributed by atoms with Gasteiger partial charge in [-0.25, -0.2) is 4.79 Å². The van der Waals surface area contributed by atoms with Gasteiger partial charge >= 0.3 is 12.0 Å². The van der Waals surface area contributed by atoms with E-state index in [9.17, 15) is 14.4 Å². The van der Waals surface area contributed by atoms with Crippen LogP contribution in [0.3, 0.4) is 0 Å². The number of carboxylic acids is 1. The Balaban J connectivity index is 2.19. The fraction of sp³-hybridized carbons (Fsp3) is 0.812. The highest BCUT2D eigenvalue weighted by Crippen LogP contribution is 2.17. The summed E-state index contributed by atoms with van der Waals surface area (Å²) in [5.41, 5.74) is 0. The van der Waals surface area contributed by atoms with E-state index in [2.05, 4.69) is 10.6 Å². The summed E-state index contributed by atoms with van der Waals surface area (Å²) in [5.74, 6) is -1.30. The van der Waals surface area contributed by atoms with Gasteiger partial charge in [0.1, 0.15) is 6.54 Å². The minimum atomic E-state index is -1.05. The van der Waals surface area contributed by atoms with Crippen LogP contribution in [0.2, 0.25) is 0 Å². The van der Waals surface area contributed by atoms with Gasteiger partial charge in [0.25, 0.3) is 0 Å². The number of nitrogens with one attached hydrogen (secondary N) is 2. The molecule has 0 heterocycles. The van der Waals surface area contributed by atoms with Crippen molar-refractivity contribution >= 4 is 17.9 Å². The SMILES string of the molecule is COCCN(CC(=O)O)C(=O)CCCNC(=O)NC1CCCCC1. The standard InChI is InChI=1S/C16H29N3O5/c1-24-11-10-19(12-15(21)22)14(20)8-5-9-17-16(23)18-13-6-3-2-4-7-13/h13H,2-12H2,1H3,(H,21,22)(H2,17,18,23). The topological polar surface area (TPSA) is 108 Å². The summed E-state index contributed by atoms with van der Waals surface area (Å²) in [6.07, 6.45) is 6.25. The van der Waals surface area contributed by atoms with Gasteiger partial charge in [0.2, 0.25) is 5.91 Å². The first-order valence-electron chi connectivity index (χ1n) is 8.55. The lowest BCUT2D eigenvalue weighted by molar-refractivity contribution is -0.144. The van der Waals surface area contributed by atoms with Crippen LogP contribution in [0.25, 0.3) is 0 Å². The molecule has 0 aromatic heterocycles. The second kappa shape index (κ2) is 11.7. The molecule has 0 spiro atoms. The number of ether oxygens (including phenoxy) is 1. The maximum atomic E-state index is 12.0. The quantitative estimate of drug-likeness (QED) is 0.512. The monoisotopic (exact) mass is 343 g/mol. The van der Waals surface area contributed by atoms with Crippen molar-refractivity contribution in [1.82, 2.24) is 15.5 Å². The van der Waals surface area contributed by atoms with Crippen molar-refractivity contribution in [2.75, 3.05) is 33.4 Å². The third-order valence-corrected chi connectivity index (χ3v) is 4.04. The molecular weight excluding hydrogens is 314 g/mol. The zero-order chi connectivity index (χ0) is 17.8. The van der Waals surface area contributed by atoms with Crippen LogP contribution in [0.1, 0.15) is 44.9 Å². The molecule has 0 atom stereocenters. The van der Waals surface area contributed by atoms with Crippen LogP contribution in [-0.2, 0) is 14.3 Å². The fourth-order valence-electron chi connectivity index (χ4n) is 2.74. The summed E-state index contributed by atoms with van der Waals surface area (Å²) >= 11 is 0. The van der Waals surface area contributed by atoms with Crippen molar-refractivity contribution < 1.29 is 24.2 Å². The number of urea groups is 1. The van der Waals surface area contributed by atoms with E-state index in [-0.39, 0.29) is 37.5 Å². The molecule has 8 nitrogen and oxygen atoms in total. The zero-order valence-electron chi connectivity index (χ0n) is 14.4.